The van der Waals surface area contributed by atoms with Crippen LogP contribution in [-0.4, -0.2) is 39.4 Å². The lowest BCUT2D eigenvalue weighted by molar-refractivity contribution is 0.0285. The maximum absolute atomic E-state index is 12.0. The maximum Gasteiger partial charge on any atom is 0.252 e. The number of methoxy groups -OCH3 is 2. The van der Waals surface area contributed by atoms with Crippen LogP contribution in [0, 0.1) is 6.92 Å². The van der Waals surface area contributed by atoms with Crippen LogP contribution < -0.4 is 5.32 Å². The molecular weight excluding hydrogens is 298 g/mol. The number of carbonyl (C=O) groups excluding carboxylic acids is 1. The molecule has 0 aliphatic rings. The van der Waals surface area contributed by atoms with E-state index in [0.29, 0.717) is 18.7 Å². The van der Waals surface area contributed by atoms with E-state index < -0.39 is 0 Å². The lowest BCUT2D eigenvalue weighted by Gasteiger charge is -2.15. The van der Waals surface area contributed by atoms with Gasteiger partial charge >= 0.3 is 0 Å². The van der Waals surface area contributed by atoms with Crippen molar-refractivity contribution in [1.82, 2.24) is 5.32 Å². The summed E-state index contributed by atoms with van der Waals surface area (Å²) in [4.78, 5) is 12.0. The van der Waals surface area contributed by atoms with Gasteiger partial charge in [0.05, 0.1) is 18.3 Å². The van der Waals surface area contributed by atoms with Gasteiger partial charge in [-0.25, -0.2) is 0 Å². The number of amides is 1. The fourth-order valence-electron chi connectivity index (χ4n) is 1.51. The van der Waals surface area contributed by atoms with E-state index in [2.05, 4.69) is 21.2 Å². The average molecular weight is 316 g/mol. The van der Waals surface area contributed by atoms with Gasteiger partial charge in [-0.1, -0.05) is 11.6 Å². The highest BCUT2D eigenvalue weighted by Gasteiger charge is 2.13. The molecule has 0 radical (unpaired) electrons. The zero-order valence-corrected chi connectivity index (χ0v) is 12.4. The van der Waals surface area contributed by atoms with Gasteiger partial charge in [-0.2, -0.15) is 0 Å². The fraction of sp³-hybridized carbons (Fsp3) is 0.462. The topological polar surface area (TPSA) is 47.6 Å². The third-order valence-electron chi connectivity index (χ3n) is 2.54. The first-order valence-corrected chi connectivity index (χ1v) is 6.44. The maximum atomic E-state index is 12.0. The number of aryl methyl sites for hydroxylation is 1. The first kappa shape index (κ1) is 15.1. The molecule has 0 aliphatic carbocycles. The van der Waals surface area contributed by atoms with Crippen LogP contribution in [0.25, 0.3) is 0 Å². The van der Waals surface area contributed by atoms with Crippen LogP contribution in [0.5, 0.6) is 0 Å². The van der Waals surface area contributed by atoms with Crippen LogP contribution in [0.1, 0.15) is 15.9 Å². The number of benzene rings is 1. The standard InChI is InChI=1S/C13H18BrNO3/c1-9-4-5-12(14)11(6-9)13(16)15-7-10(18-3)8-17-2/h4-6,10H,7-8H2,1-3H3,(H,15,16). The summed E-state index contributed by atoms with van der Waals surface area (Å²) in [5.41, 5.74) is 1.67. The van der Waals surface area contributed by atoms with E-state index in [1.807, 2.05) is 25.1 Å². The molecular formula is C13H18BrNO3. The van der Waals surface area contributed by atoms with E-state index in [9.17, 15) is 4.79 Å². The van der Waals surface area contributed by atoms with Crippen molar-refractivity contribution in [2.24, 2.45) is 0 Å². The van der Waals surface area contributed by atoms with Crippen molar-refractivity contribution < 1.29 is 14.3 Å². The number of hydrogen-bond acceptors (Lipinski definition) is 3. The molecule has 18 heavy (non-hydrogen) atoms. The highest BCUT2D eigenvalue weighted by atomic mass is 79.9. The van der Waals surface area contributed by atoms with Crippen LogP contribution in [0.4, 0.5) is 0 Å². The molecule has 1 aromatic rings. The number of hydrogen-bond donors (Lipinski definition) is 1. The van der Waals surface area contributed by atoms with Crippen LogP contribution >= 0.6 is 15.9 Å². The van der Waals surface area contributed by atoms with Crippen molar-refractivity contribution >= 4 is 21.8 Å². The van der Waals surface area contributed by atoms with Gasteiger partial charge in [0.15, 0.2) is 0 Å². The highest BCUT2D eigenvalue weighted by molar-refractivity contribution is 9.10. The van der Waals surface area contributed by atoms with Crippen molar-refractivity contribution in [2.45, 2.75) is 13.0 Å². The molecule has 1 atom stereocenters. The molecule has 0 heterocycles. The van der Waals surface area contributed by atoms with Crippen molar-refractivity contribution in [3.8, 4) is 0 Å². The van der Waals surface area contributed by atoms with Gasteiger partial charge < -0.3 is 14.8 Å². The highest BCUT2D eigenvalue weighted by Crippen LogP contribution is 2.17. The van der Waals surface area contributed by atoms with Crippen LogP contribution in [-0.2, 0) is 9.47 Å². The minimum atomic E-state index is -0.137. The summed E-state index contributed by atoms with van der Waals surface area (Å²) in [5, 5.41) is 2.83. The Labute approximate surface area is 116 Å². The quantitative estimate of drug-likeness (QED) is 0.875. The van der Waals surface area contributed by atoms with E-state index >= 15 is 0 Å². The number of halogens is 1. The third kappa shape index (κ3) is 4.40. The zero-order valence-electron chi connectivity index (χ0n) is 10.8. The van der Waals surface area contributed by atoms with E-state index in [-0.39, 0.29) is 12.0 Å². The molecule has 1 aromatic carbocycles. The van der Waals surface area contributed by atoms with Gasteiger partial charge in [-0.3, -0.25) is 4.79 Å². The Morgan fingerprint density at radius 3 is 2.78 bits per heavy atom. The average Bonchev–Trinajstić information content (AvgIpc) is 2.37. The van der Waals surface area contributed by atoms with Crippen molar-refractivity contribution in [3.05, 3.63) is 33.8 Å². The largest absolute Gasteiger partial charge is 0.382 e. The van der Waals surface area contributed by atoms with Crippen molar-refractivity contribution in [3.63, 3.8) is 0 Å². The van der Waals surface area contributed by atoms with Gasteiger partial charge in [0.25, 0.3) is 5.91 Å². The zero-order chi connectivity index (χ0) is 13.5. The fourth-order valence-corrected chi connectivity index (χ4v) is 1.94. The molecule has 4 nitrogen and oxygen atoms in total. The molecule has 0 aliphatic heterocycles. The summed E-state index contributed by atoms with van der Waals surface area (Å²) >= 11 is 3.37. The lowest BCUT2D eigenvalue weighted by Crippen LogP contribution is -2.35. The number of rotatable bonds is 6. The summed E-state index contributed by atoms with van der Waals surface area (Å²) < 4.78 is 11.0. The predicted molar refractivity (Wildman–Crippen MR) is 73.9 cm³/mol. The van der Waals surface area contributed by atoms with Crippen LogP contribution in [0.3, 0.4) is 0 Å². The number of carbonyl (C=O) groups is 1. The molecule has 100 valence electrons. The van der Waals surface area contributed by atoms with Crippen LogP contribution in [0.15, 0.2) is 22.7 Å². The van der Waals surface area contributed by atoms with Crippen LogP contribution in [0.2, 0.25) is 0 Å². The van der Waals surface area contributed by atoms with E-state index in [1.165, 1.54) is 0 Å². The lowest BCUT2D eigenvalue weighted by atomic mass is 10.1. The predicted octanol–water partition coefficient (Wildman–Crippen LogP) is 2.15. The Hall–Kier alpha value is -0.910. The minimum absolute atomic E-state index is 0.122. The molecule has 0 bridgehead atoms. The molecule has 1 amide bonds. The summed E-state index contributed by atoms with van der Waals surface area (Å²) in [6.45, 7) is 2.82. The SMILES string of the molecule is COCC(CNC(=O)c1cc(C)ccc1Br)OC. The van der Waals surface area contributed by atoms with Gasteiger partial charge in [-0.05, 0) is 35.0 Å². The Morgan fingerprint density at radius 1 is 1.44 bits per heavy atom. The molecule has 0 saturated heterocycles. The Kier molecular flexibility index (Phi) is 6.32. The molecule has 1 rings (SSSR count). The van der Waals surface area contributed by atoms with E-state index in [4.69, 9.17) is 9.47 Å². The van der Waals surface area contributed by atoms with Gasteiger partial charge in [0, 0.05) is 25.2 Å². The van der Waals surface area contributed by atoms with E-state index in [0.717, 1.165) is 10.0 Å². The normalized spacial score (nSPS) is 12.2. The second kappa shape index (κ2) is 7.51. The molecule has 0 aromatic heterocycles. The summed E-state index contributed by atoms with van der Waals surface area (Å²) in [5.74, 6) is -0.122. The summed E-state index contributed by atoms with van der Waals surface area (Å²) in [7, 11) is 3.20. The molecule has 0 saturated carbocycles. The molecule has 1 unspecified atom stereocenters. The second-order valence-electron chi connectivity index (χ2n) is 4.01. The molecule has 0 spiro atoms. The molecule has 1 N–H and O–H groups in total. The third-order valence-corrected chi connectivity index (χ3v) is 3.23. The van der Waals surface area contributed by atoms with E-state index in [1.54, 1.807) is 14.2 Å². The first-order chi connectivity index (χ1) is 8.58. The summed E-state index contributed by atoms with van der Waals surface area (Å²) in [6, 6.07) is 5.66. The molecule has 0 fully saturated rings. The Bertz CT molecular complexity index is 409. The molecule has 5 heteroatoms. The smallest absolute Gasteiger partial charge is 0.252 e. The monoisotopic (exact) mass is 315 g/mol. The minimum Gasteiger partial charge on any atom is -0.382 e. The van der Waals surface area contributed by atoms with Crippen molar-refractivity contribution in [2.75, 3.05) is 27.4 Å². The van der Waals surface area contributed by atoms with Gasteiger partial charge in [-0.15, -0.1) is 0 Å². The second-order valence-corrected chi connectivity index (χ2v) is 4.86. The van der Waals surface area contributed by atoms with Crippen molar-refractivity contribution in [1.29, 1.82) is 0 Å². The first-order valence-electron chi connectivity index (χ1n) is 5.64. The Morgan fingerprint density at radius 2 is 2.17 bits per heavy atom. The summed E-state index contributed by atoms with van der Waals surface area (Å²) in [6.07, 6.45) is -0.137. The van der Waals surface area contributed by atoms with Gasteiger partial charge in [0.2, 0.25) is 0 Å². The number of nitrogens with one attached hydrogen (secondary N) is 1. The van der Waals surface area contributed by atoms with Gasteiger partial charge in [0.1, 0.15) is 0 Å². The number of ether oxygens (including phenoxy) is 2. The Balaban J connectivity index is 2.62.